The van der Waals surface area contributed by atoms with Crippen LogP contribution in [0.3, 0.4) is 0 Å². The molecule has 222 valence electrons. The highest BCUT2D eigenvalue weighted by Gasteiger charge is 2.21. The number of halogens is 1. The van der Waals surface area contributed by atoms with Gasteiger partial charge in [-0.2, -0.15) is 0 Å². The van der Waals surface area contributed by atoms with Gasteiger partial charge in [-0.1, -0.05) is 76.7 Å². The lowest BCUT2D eigenvalue weighted by molar-refractivity contribution is -0.116. The Morgan fingerprint density at radius 3 is 2.50 bits per heavy atom. The molecule has 0 aliphatic rings. The zero-order chi connectivity index (χ0) is 31.1. The number of thiazole rings is 1. The summed E-state index contributed by atoms with van der Waals surface area (Å²) >= 11 is 6.32. The number of hydrogen-bond acceptors (Lipinski definition) is 6. The molecular weight excluding hydrogens is 656 g/mol. The average Bonchev–Trinajstić information content (AvgIpc) is 3.41. The molecule has 1 heterocycles. The quantitative estimate of drug-likeness (QED) is 0.102. The van der Waals surface area contributed by atoms with E-state index in [1.807, 2.05) is 74.5 Å². The Balaban J connectivity index is 1.30. The molecule has 10 heteroatoms. The van der Waals surface area contributed by atoms with Gasteiger partial charge in [-0.05, 0) is 85.1 Å². The summed E-state index contributed by atoms with van der Waals surface area (Å²) in [6.07, 6.45) is 2.22. The SMILES string of the molecule is CCC(Sc1cccc(NC(=O)/C(=C\c2cccc(Br)c2)NC(=O)c2ccccc2)c1)C(=O)Nc1nc2ccc(C)cc2s1. The van der Waals surface area contributed by atoms with Crippen molar-refractivity contribution in [2.24, 2.45) is 0 Å². The third-order valence-corrected chi connectivity index (χ3v) is 9.28. The summed E-state index contributed by atoms with van der Waals surface area (Å²) in [7, 11) is 0. The number of aromatic nitrogens is 1. The van der Waals surface area contributed by atoms with Gasteiger partial charge in [-0.3, -0.25) is 14.4 Å². The molecule has 1 aromatic heterocycles. The number of aryl methyl sites for hydroxylation is 1. The van der Waals surface area contributed by atoms with Crippen molar-refractivity contribution in [1.29, 1.82) is 0 Å². The predicted octanol–water partition coefficient (Wildman–Crippen LogP) is 8.29. The van der Waals surface area contributed by atoms with Crippen LogP contribution in [0.4, 0.5) is 10.8 Å². The van der Waals surface area contributed by atoms with Gasteiger partial charge in [0.15, 0.2) is 5.13 Å². The van der Waals surface area contributed by atoms with Crippen LogP contribution in [0.5, 0.6) is 0 Å². The van der Waals surface area contributed by atoms with Gasteiger partial charge in [0, 0.05) is 20.6 Å². The monoisotopic (exact) mass is 684 g/mol. The number of amides is 3. The van der Waals surface area contributed by atoms with Crippen LogP contribution >= 0.6 is 39.0 Å². The van der Waals surface area contributed by atoms with Gasteiger partial charge < -0.3 is 16.0 Å². The fraction of sp³-hybridized carbons (Fsp3) is 0.118. The largest absolute Gasteiger partial charge is 0.321 e. The van der Waals surface area contributed by atoms with Crippen LogP contribution < -0.4 is 16.0 Å². The Kier molecular flexibility index (Phi) is 10.3. The number of nitrogens with one attached hydrogen (secondary N) is 3. The number of carbonyl (C=O) groups is 3. The summed E-state index contributed by atoms with van der Waals surface area (Å²) < 4.78 is 1.87. The van der Waals surface area contributed by atoms with E-state index in [1.54, 1.807) is 36.4 Å². The fourth-order valence-corrected chi connectivity index (χ4v) is 6.71. The van der Waals surface area contributed by atoms with E-state index in [1.165, 1.54) is 23.1 Å². The first-order chi connectivity index (χ1) is 21.3. The molecule has 5 aromatic rings. The second-order valence-electron chi connectivity index (χ2n) is 9.91. The number of rotatable bonds is 10. The van der Waals surface area contributed by atoms with E-state index in [0.29, 0.717) is 22.8 Å². The Bertz CT molecular complexity index is 1860. The minimum atomic E-state index is -0.479. The molecule has 7 nitrogen and oxygen atoms in total. The first-order valence-electron chi connectivity index (χ1n) is 13.9. The zero-order valence-electron chi connectivity index (χ0n) is 24.0. The van der Waals surface area contributed by atoms with E-state index in [4.69, 9.17) is 0 Å². The average molecular weight is 686 g/mol. The van der Waals surface area contributed by atoms with Crippen LogP contribution in [0.15, 0.2) is 112 Å². The normalized spacial score (nSPS) is 12.0. The molecule has 4 aromatic carbocycles. The molecule has 0 bridgehead atoms. The number of carbonyl (C=O) groups excluding carboxylic acids is 3. The number of benzene rings is 4. The van der Waals surface area contributed by atoms with E-state index in [2.05, 4.69) is 42.9 Å². The van der Waals surface area contributed by atoms with Crippen molar-refractivity contribution in [2.45, 2.75) is 30.4 Å². The molecule has 0 spiro atoms. The number of anilines is 2. The Labute approximate surface area is 272 Å². The van der Waals surface area contributed by atoms with Crippen LogP contribution in [0.2, 0.25) is 0 Å². The second kappa shape index (κ2) is 14.5. The lowest BCUT2D eigenvalue weighted by Gasteiger charge is -2.15. The van der Waals surface area contributed by atoms with Gasteiger partial charge in [0.1, 0.15) is 5.70 Å². The highest BCUT2D eigenvalue weighted by molar-refractivity contribution is 9.10. The summed E-state index contributed by atoms with van der Waals surface area (Å²) in [5, 5.41) is 8.83. The number of fused-ring (bicyclic) bond motifs is 1. The maximum Gasteiger partial charge on any atom is 0.272 e. The molecular formula is C34H29BrN4O3S2. The molecule has 0 aliphatic heterocycles. The zero-order valence-corrected chi connectivity index (χ0v) is 27.2. The van der Waals surface area contributed by atoms with Crippen molar-refractivity contribution >= 4 is 83.9 Å². The molecule has 0 saturated carbocycles. The summed E-state index contributed by atoms with van der Waals surface area (Å²) in [6, 6.07) is 29.4. The molecule has 0 aliphatic carbocycles. The van der Waals surface area contributed by atoms with Gasteiger partial charge >= 0.3 is 0 Å². The Hall–Kier alpha value is -4.25. The van der Waals surface area contributed by atoms with E-state index >= 15 is 0 Å². The summed E-state index contributed by atoms with van der Waals surface area (Å²) in [6.45, 7) is 3.98. The number of thioether (sulfide) groups is 1. The van der Waals surface area contributed by atoms with Crippen LogP contribution in [0.25, 0.3) is 16.3 Å². The minimum absolute atomic E-state index is 0.0897. The fourth-order valence-electron chi connectivity index (χ4n) is 4.31. The second-order valence-corrected chi connectivity index (χ2v) is 13.1. The molecule has 1 unspecified atom stereocenters. The number of hydrogen-bond donors (Lipinski definition) is 3. The maximum atomic E-state index is 13.5. The summed E-state index contributed by atoms with van der Waals surface area (Å²) in [5.74, 6) is -1.01. The standard InChI is InChI=1S/C34H29BrN4O3S2/c1-3-29(33(42)39-34-38-27-16-15-21(2)17-30(27)44-34)43-26-14-8-13-25(20-26)36-32(41)28(19-22-9-7-12-24(35)18-22)37-31(40)23-10-5-4-6-11-23/h4-20,29H,3H2,1-2H3,(H,36,41)(H,37,40)(H,38,39,42)/b28-19+. The van der Waals surface area contributed by atoms with Crippen molar-refractivity contribution in [3.05, 3.63) is 124 Å². The molecule has 1 atom stereocenters. The molecule has 3 N–H and O–H groups in total. The van der Waals surface area contributed by atoms with Crippen molar-refractivity contribution in [3.63, 3.8) is 0 Å². The van der Waals surface area contributed by atoms with E-state index in [-0.39, 0.29) is 16.9 Å². The maximum absolute atomic E-state index is 13.5. The van der Waals surface area contributed by atoms with Crippen molar-refractivity contribution < 1.29 is 14.4 Å². The number of nitrogens with zero attached hydrogens (tertiary/aromatic N) is 1. The third kappa shape index (κ3) is 8.22. The van der Waals surface area contributed by atoms with Gasteiger partial charge in [0.2, 0.25) is 5.91 Å². The molecule has 0 radical (unpaired) electrons. The summed E-state index contributed by atoms with van der Waals surface area (Å²) in [5.41, 5.74) is 3.79. The van der Waals surface area contributed by atoms with Crippen molar-refractivity contribution in [2.75, 3.05) is 10.6 Å². The summed E-state index contributed by atoms with van der Waals surface area (Å²) in [4.78, 5) is 45.0. The first-order valence-corrected chi connectivity index (χ1v) is 16.4. The van der Waals surface area contributed by atoms with Crippen LogP contribution in [-0.4, -0.2) is 28.0 Å². The van der Waals surface area contributed by atoms with Crippen molar-refractivity contribution in [3.8, 4) is 0 Å². The first kappa shape index (κ1) is 31.2. The Morgan fingerprint density at radius 1 is 0.932 bits per heavy atom. The molecule has 0 fully saturated rings. The van der Waals surface area contributed by atoms with Crippen LogP contribution in [0, 0.1) is 6.92 Å². The lowest BCUT2D eigenvalue weighted by atomic mass is 10.1. The van der Waals surface area contributed by atoms with Crippen LogP contribution in [0.1, 0.15) is 34.8 Å². The van der Waals surface area contributed by atoms with Gasteiger partial charge in [-0.25, -0.2) is 4.98 Å². The molecule has 3 amide bonds. The van der Waals surface area contributed by atoms with Crippen LogP contribution in [-0.2, 0) is 9.59 Å². The predicted molar refractivity (Wildman–Crippen MR) is 184 cm³/mol. The molecule has 5 rings (SSSR count). The smallest absolute Gasteiger partial charge is 0.272 e. The Morgan fingerprint density at radius 2 is 1.73 bits per heavy atom. The third-order valence-electron chi connectivity index (χ3n) is 6.50. The lowest BCUT2D eigenvalue weighted by Crippen LogP contribution is -2.30. The van der Waals surface area contributed by atoms with E-state index < -0.39 is 11.8 Å². The topological polar surface area (TPSA) is 100 Å². The van der Waals surface area contributed by atoms with Crippen molar-refractivity contribution in [1.82, 2.24) is 10.3 Å². The van der Waals surface area contributed by atoms with E-state index in [0.717, 1.165) is 30.7 Å². The van der Waals surface area contributed by atoms with Gasteiger partial charge in [0.25, 0.3) is 11.8 Å². The van der Waals surface area contributed by atoms with E-state index in [9.17, 15) is 14.4 Å². The highest BCUT2D eigenvalue weighted by Crippen LogP contribution is 2.31. The van der Waals surface area contributed by atoms with Gasteiger partial charge in [0.05, 0.1) is 15.5 Å². The molecule has 0 saturated heterocycles. The molecule has 44 heavy (non-hydrogen) atoms. The highest BCUT2D eigenvalue weighted by atomic mass is 79.9. The minimum Gasteiger partial charge on any atom is -0.321 e. The van der Waals surface area contributed by atoms with Gasteiger partial charge in [-0.15, -0.1) is 11.8 Å².